The number of nitrogens with zero attached hydrogens (tertiary/aromatic N) is 1. The number of benzene rings is 1. The molecule has 1 amide bonds. The molecule has 1 aromatic carbocycles. The molecule has 102 valence electrons. The maximum absolute atomic E-state index is 12.6. The average Bonchev–Trinajstić information content (AvgIpc) is 2.37. The first-order valence-electron chi connectivity index (χ1n) is 6.93. The van der Waals surface area contributed by atoms with E-state index in [-0.39, 0.29) is 5.91 Å². The number of halogens is 1. The molecular weight excluding hydrogens is 304 g/mol. The standard InChI is InChI=1S/C15H19BrN2O/c16-14-4-2-1-3-13(14)15(19)18-8-10-5-11(9-18)7-12(17)6-10/h1-4,10-12H,5-9,17H2. The summed E-state index contributed by atoms with van der Waals surface area (Å²) >= 11 is 3.47. The zero-order valence-electron chi connectivity index (χ0n) is 10.9. The first-order valence-corrected chi connectivity index (χ1v) is 7.72. The quantitative estimate of drug-likeness (QED) is 0.864. The highest BCUT2D eigenvalue weighted by Gasteiger charge is 2.36. The van der Waals surface area contributed by atoms with Gasteiger partial charge in [-0.3, -0.25) is 4.79 Å². The van der Waals surface area contributed by atoms with Crippen molar-refractivity contribution in [3.63, 3.8) is 0 Å². The van der Waals surface area contributed by atoms with E-state index in [1.165, 1.54) is 6.42 Å². The number of carbonyl (C=O) groups excluding carboxylic acids is 1. The van der Waals surface area contributed by atoms with Crippen LogP contribution < -0.4 is 5.73 Å². The van der Waals surface area contributed by atoms with E-state index >= 15 is 0 Å². The summed E-state index contributed by atoms with van der Waals surface area (Å²) in [7, 11) is 0. The Kier molecular flexibility index (Phi) is 3.63. The fourth-order valence-electron chi connectivity index (χ4n) is 3.58. The van der Waals surface area contributed by atoms with Crippen LogP contribution in [0.2, 0.25) is 0 Å². The highest BCUT2D eigenvalue weighted by molar-refractivity contribution is 9.10. The van der Waals surface area contributed by atoms with Crippen molar-refractivity contribution in [2.75, 3.05) is 13.1 Å². The summed E-state index contributed by atoms with van der Waals surface area (Å²) in [5.74, 6) is 1.33. The maximum Gasteiger partial charge on any atom is 0.255 e. The van der Waals surface area contributed by atoms with Crippen molar-refractivity contribution >= 4 is 21.8 Å². The molecule has 2 unspecified atom stereocenters. The smallest absolute Gasteiger partial charge is 0.255 e. The zero-order chi connectivity index (χ0) is 13.4. The van der Waals surface area contributed by atoms with Crippen LogP contribution in [0.25, 0.3) is 0 Å². The van der Waals surface area contributed by atoms with Crippen LogP contribution in [0.5, 0.6) is 0 Å². The van der Waals surface area contributed by atoms with Gasteiger partial charge in [-0.2, -0.15) is 0 Å². The molecule has 2 atom stereocenters. The second-order valence-electron chi connectivity index (χ2n) is 5.89. The lowest BCUT2D eigenvalue weighted by Crippen LogP contribution is -2.49. The van der Waals surface area contributed by atoms with Crippen molar-refractivity contribution < 1.29 is 4.79 Å². The summed E-state index contributed by atoms with van der Waals surface area (Å²) in [4.78, 5) is 14.6. The van der Waals surface area contributed by atoms with Crippen molar-refractivity contribution in [2.45, 2.75) is 25.3 Å². The van der Waals surface area contributed by atoms with Crippen molar-refractivity contribution in [1.29, 1.82) is 0 Å². The third-order valence-electron chi connectivity index (χ3n) is 4.29. The summed E-state index contributed by atoms with van der Waals surface area (Å²) in [5.41, 5.74) is 6.84. The zero-order valence-corrected chi connectivity index (χ0v) is 12.5. The van der Waals surface area contributed by atoms with Crippen LogP contribution in [0.3, 0.4) is 0 Å². The molecule has 1 saturated carbocycles. The first kappa shape index (κ1) is 13.1. The van der Waals surface area contributed by atoms with Gasteiger partial charge in [0.05, 0.1) is 5.56 Å². The Morgan fingerprint density at radius 2 is 1.79 bits per heavy atom. The average molecular weight is 323 g/mol. The van der Waals surface area contributed by atoms with Crippen molar-refractivity contribution in [3.05, 3.63) is 34.3 Å². The molecule has 1 aromatic rings. The highest BCUT2D eigenvalue weighted by atomic mass is 79.9. The highest BCUT2D eigenvalue weighted by Crippen LogP contribution is 2.34. The molecule has 2 N–H and O–H groups in total. The van der Waals surface area contributed by atoms with Gasteiger partial charge < -0.3 is 10.6 Å². The van der Waals surface area contributed by atoms with Crippen LogP contribution in [0.1, 0.15) is 29.6 Å². The van der Waals surface area contributed by atoms with Crippen molar-refractivity contribution in [3.8, 4) is 0 Å². The van der Waals surface area contributed by atoms with E-state index in [9.17, 15) is 4.79 Å². The molecule has 3 nitrogen and oxygen atoms in total. The van der Waals surface area contributed by atoms with E-state index in [2.05, 4.69) is 15.9 Å². The third-order valence-corrected chi connectivity index (χ3v) is 4.98. The normalized spacial score (nSPS) is 30.2. The molecular formula is C15H19BrN2O. The Morgan fingerprint density at radius 1 is 1.16 bits per heavy atom. The Balaban J connectivity index is 1.77. The van der Waals surface area contributed by atoms with Crippen LogP contribution in [-0.2, 0) is 0 Å². The molecule has 0 radical (unpaired) electrons. The topological polar surface area (TPSA) is 46.3 Å². The molecule has 2 aliphatic rings. The number of nitrogens with two attached hydrogens (primary N) is 1. The number of hydrogen-bond donors (Lipinski definition) is 1. The number of fused-ring (bicyclic) bond motifs is 2. The second-order valence-corrected chi connectivity index (χ2v) is 6.74. The molecule has 0 spiro atoms. The number of carbonyl (C=O) groups is 1. The Hall–Kier alpha value is -0.870. The molecule has 1 aliphatic carbocycles. The summed E-state index contributed by atoms with van der Waals surface area (Å²) < 4.78 is 0.882. The lowest BCUT2D eigenvalue weighted by atomic mass is 9.75. The van der Waals surface area contributed by atoms with E-state index in [0.717, 1.165) is 36.0 Å². The lowest BCUT2D eigenvalue weighted by Gasteiger charge is -2.43. The Labute approximate surface area is 122 Å². The summed E-state index contributed by atoms with van der Waals surface area (Å²) in [6.45, 7) is 1.73. The van der Waals surface area contributed by atoms with Gasteiger partial charge in [0.25, 0.3) is 5.91 Å². The SMILES string of the molecule is NC1CC2CC(C1)CN(C(=O)c1ccccc1Br)C2. The van der Waals surface area contributed by atoms with E-state index in [1.807, 2.05) is 29.2 Å². The molecule has 2 fully saturated rings. The summed E-state index contributed by atoms with van der Waals surface area (Å²) in [5, 5.41) is 0. The summed E-state index contributed by atoms with van der Waals surface area (Å²) in [6.07, 6.45) is 3.37. The third kappa shape index (κ3) is 2.70. The maximum atomic E-state index is 12.6. The van der Waals surface area contributed by atoms with Crippen molar-refractivity contribution in [1.82, 2.24) is 4.90 Å². The van der Waals surface area contributed by atoms with E-state index < -0.39 is 0 Å². The minimum absolute atomic E-state index is 0.151. The van der Waals surface area contributed by atoms with Crippen LogP contribution >= 0.6 is 15.9 Å². The fraction of sp³-hybridized carbons (Fsp3) is 0.533. The molecule has 1 aliphatic heterocycles. The van der Waals surface area contributed by atoms with E-state index in [4.69, 9.17) is 5.73 Å². The summed E-state index contributed by atoms with van der Waals surface area (Å²) in [6, 6.07) is 8.00. The van der Waals surface area contributed by atoms with Gasteiger partial charge in [-0.25, -0.2) is 0 Å². The van der Waals surface area contributed by atoms with Gasteiger partial charge in [0.15, 0.2) is 0 Å². The predicted molar refractivity (Wildman–Crippen MR) is 78.9 cm³/mol. The predicted octanol–water partition coefficient (Wildman–Crippen LogP) is 2.65. The van der Waals surface area contributed by atoms with E-state index in [1.54, 1.807) is 0 Å². The number of amides is 1. The van der Waals surface area contributed by atoms with Gasteiger partial charge in [-0.05, 0) is 59.2 Å². The Morgan fingerprint density at radius 3 is 2.42 bits per heavy atom. The van der Waals surface area contributed by atoms with Gasteiger partial charge in [-0.15, -0.1) is 0 Å². The van der Waals surface area contributed by atoms with Gasteiger partial charge in [-0.1, -0.05) is 12.1 Å². The van der Waals surface area contributed by atoms with Gasteiger partial charge in [0, 0.05) is 23.6 Å². The van der Waals surface area contributed by atoms with Gasteiger partial charge >= 0.3 is 0 Å². The van der Waals surface area contributed by atoms with Crippen LogP contribution in [0.15, 0.2) is 28.7 Å². The minimum atomic E-state index is 0.151. The van der Waals surface area contributed by atoms with Crippen LogP contribution in [-0.4, -0.2) is 29.9 Å². The molecule has 1 saturated heterocycles. The van der Waals surface area contributed by atoms with Crippen molar-refractivity contribution in [2.24, 2.45) is 17.6 Å². The van der Waals surface area contributed by atoms with E-state index in [0.29, 0.717) is 17.9 Å². The first-order chi connectivity index (χ1) is 9.13. The molecule has 0 aromatic heterocycles. The minimum Gasteiger partial charge on any atom is -0.338 e. The van der Waals surface area contributed by atoms with Crippen LogP contribution in [0, 0.1) is 11.8 Å². The second kappa shape index (κ2) is 5.25. The lowest BCUT2D eigenvalue weighted by molar-refractivity contribution is 0.0474. The number of rotatable bonds is 1. The molecule has 2 bridgehead atoms. The number of hydrogen-bond acceptors (Lipinski definition) is 2. The Bertz CT molecular complexity index is 473. The molecule has 3 rings (SSSR count). The largest absolute Gasteiger partial charge is 0.338 e. The van der Waals surface area contributed by atoms with Crippen LogP contribution in [0.4, 0.5) is 0 Å². The molecule has 1 heterocycles. The van der Waals surface area contributed by atoms with Gasteiger partial charge in [0.1, 0.15) is 0 Å². The number of likely N-dealkylation sites (tertiary alicyclic amines) is 1. The fourth-order valence-corrected chi connectivity index (χ4v) is 4.04. The molecule has 4 heteroatoms. The molecule has 19 heavy (non-hydrogen) atoms. The monoisotopic (exact) mass is 322 g/mol. The number of piperidine rings is 1. The van der Waals surface area contributed by atoms with Gasteiger partial charge in [0.2, 0.25) is 0 Å².